The fraction of sp³-hybridized carbons (Fsp3) is 0.333. The molecule has 6 heteroatoms. The van der Waals surface area contributed by atoms with Gasteiger partial charge in [-0.15, -0.1) is 11.3 Å². The number of unbranched alkanes of at least 4 members (excludes halogenated alkanes) is 2. The molecule has 1 N–H and O–H groups in total. The second kappa shape index (κ2) is 11.1. The van der Waals surface area contributed by atoms with Crippen molar-refractivity contribution in [2.45, 2.75) is 46.1 Å². The Labute approximate surface area is 199 Å². The number of aromatic nitrogens is 2. The van der Waals surface area contributed by atoms with Gasteiger partial charge in [0.15, 0.2) is 0 Å². The van der Waals surface area contributed by atoms with Crippen molar-refractivity contribution in [3.05, 3.63) is 81.8 Å². The van der Waals surface area contributed by atoms with Gasteiger partial charge in [0.2, 0.25) is 0 Å². The Kier molecular flexibility index (Phi) is 7.79. The molecule has 0 bridgehead atoms. The molecule has 0 saturated heterocycles. The summed E-state index contributed by atoms with van der Waals surface area (Å²) in [6, 6.07) is 18.4. The molecule has 0 aliphatic rings. The van der Waals surface area contributed by atoms with Crippen LogP contribution in [0.4, 0.5) is 0 Å². The molecular formula is C27H31N3O2S. The molecule has 0 fully saturated rings. The lowest BCUT2D eigenvalue weighted by molar-refractivity contribution is 0.0957. The van der Waals surface area contributed by atoms with Gasteiger partial charge in [-0.3, -0.25) is 4.79 Å². The number of nitrogens with zero attached hydrogens (tertiary/aromatic N) is 2. The van der Waals surface area contributed by atoms with Gasteiger partial charge in [0.1, 0.15) is 18.2 Å². The summed E-state index contributed by atoms with van der Waals surface area (Å²) < 4.78 is 8.41. The minimum Gasteiger partial charge on any atom is -0.491 e. The summed E-state index contributed by atoms with van der Waals surface area (Å²) in [4.78, 5) is 17.7. The van der Waals surface area contributed by atoms with E-state index in [2.05, 4.69) is 60.1 Å². The first kappa shape index (κ1) is 23.1. The van der Waals surface area contributed by atoms with E-state index in [1.165, 1.54) is 16.9 Å². The van der Waals surface area contributed by atoms with Crippen molar-refractivity contribution < 1.29 is 9.53 Å². The molecule has 0 atom stereocenters. The maximum Gasteiger partial charge on any atom is 0.261 e. The number of benzene rings is 2. The third kappa shape index (κ3) is 6.02. The monoisotopic (exact) mass is 461 g/mol. The molecule has 0 unspecified atom stereocenters. The van der Waals surface area contributed by atoms with E-state index in [4.69, 9.17) is 9.72 Å². The van der Waals surface area contributed by atoms with E-state index < -0.39 is 0 Å². The Balaban J connectivity index is 1.30. The Morgan fingerprint density at radius 1 is 1.06 bits per heavy atom. The third-order valence-corrected chi connectivity index (χ3v) is 6.63. The molecular weight excluding hydrogens is 430 g/mol. The van der Waals surface area contributed by atoms with Crippen LogP contribution in [0.3, 0.4) is 0 Å². The van der Waals surface area contributed by atoms with E-state index in [1.54, 1.807) is 0 Å². The summed E-state index contributed by atoms with van der Waals surface area (Å²) in [6.07, 6.45) is 3.97. The van der Waals surface area contributed by atoms with Gasteiger partial charge < -0.3 is 14.6 Å². The Morgan fingerprint density at radius 2 is 1.94 bits per heavy atom. The van der Waals surface area contributed by atoms with Gasteiger partial charge in [0.25, 0.3) is 5.91 Å². The van der Waals surface area contributed by atoms with Crippen LogP contribution < -0.4 is 10.1 Å². The van der Waals surface area contributed by atoms with Crippen molar-refractivity contribution in [3.63, 3.8) is 0 Å². The molecule has 4 rings (SSSR count). The van der Waals surface area contributed by atoms with E-state index in [9.17, 15) is 4.79 Å². The van der Waals surface area contributed by atoms with Crippen LogP contribution in [0.2, 0.25) is 0 Å². The third-order valence-electron chi connectivity index (χ3n) is 5.76. The fourth-order valence-corrected chi connectivity index (χ4v) is 4.60. The number of para-hydroxylation sites is 2. The Morgan fingerprint density at radius 3 is 2.79 bits per heavy atom. The summed E-state index contributed by atoms with van der Waals surface area (Å²) in [5, 5.41) is 4.93. The fourth-order valence-electron chi connectivity index (χ4n) is 3.96. The van der Waals surface area contributed by atoms with Crippen molar-refractivity contribution in [2.24, 2.45) is 0 Å². The Hall–Kier alpha value is -3.12. The van der Waals surface area contributed by atoms with E-state index in [0.717, 1.165) is 65.3 Å². The number of ether oxygens (including phenoxy) is 1. The van der Waals surface area contributed by atoms with Crippen molar-refractivity contribution >= 4 is 28.3 Å². The minimum atomic E-state index is 0.0237. The van der Waals surface area contributed by atoms with Crippen LogP contribution >= 0.6 is 11.3 Å². The first-order valence-electron chi connectivity index (χ1n) is 11.6. The highest BCUT2D eigenvalue weighted by Crippen LogP contribution is 2.21. The molecule has 172 valence electrons. The second-order valence-corrected chi connectivity index (χ2v) is 9.28. The van der Waals surface area contributed by atoms with Gasteiger partial charge in [0.05, 0.1) is 22.5 Å². The van der Waals surface area contributed by atoms with Crippen LogP contribution in [0.15, 0.2) is 60.0 Å². The summed E-state index contributed by atoms with van der Waals surface area (Å²) in [5.41, 5.74) is 4.54. The topological polar surface area (TPSA) is 56.1 Å². The van der Waals surface area contributed by atoms with Gasteiger partial charge in [-0.05, 0) is 67.5 Å². The average Bonchev–Trinajstić information content (AvgIpc) is 3.47. The number of carbonyl (C=O) groups is 1. The molecule has 1 amide bonds. The highest BCUT2D eigenvalue weighted by Gasteiger charge is 2.11. The standard InChI is InChI=1S/C27H31N3O2S/c1-20-13-14-21(2)24(19-20)32-17-16-30-23-10-6-5-9-22(23)29-26(30)12-4-3-7-15-28-27(31)25-11-8-18-33-25/h5-6,8-11,13-14,18-19H,3-4,7,12,15-17H2,1-2H3,(H,28,31). The molecule has 0 spiro atoms. The number of aryl methyl sites for hydroxylation is 3. The molecule has 2 aromatic heterocycles. The average molecular weight is 462 g/mol. The van der Waals surface area contributed by atoms with Crippen LogP contribution in [-0.2, 0) is 13.0 Å². The zero-order valence-corrected chi connectivity index (χ0v) is 20.2. The van der Waals surface area contributed by atoms with Gasteiger partial charge in [-0.2, -0.15) is 0 Å². The maximum atomic E-state index is 12.0. The molecule has 0 aliphatic heterocycles. The zero-order valence-electron chi connectivity index (χ0n) is 19.3. The minimum absolute atomic E-state index is 0.0237. The lowest BCUT2D eigenvalue weighted by atomic mass is 10.1. The van der Waals surface area contributed by atoms with Gasteiger partial charge in [-0.25, -0.2) is 4.98 Å². The number of carbonyl (C=O) groups excluding carboxylic acids is 1. The number of amides is 1. The zero-order chi connectivity index (χ0) is 23.0. The number of thiophene rings is 1. The number of hydrogen-bond acceptors (Lipinski definition) is 4. The van der Waals surface area contributed by atoms with E-state index in [1.807, 2.05) is 23.6 Å². The first-order chi connectivity index (χ1) is 16.1. The molecule has 2 aromatic carbocycles. The number of fused-ring (bicyclic) bond motifs is 1. The molecule has 5 nitrogen and oxygen atoms in total. The van der Waals surface area contributed by atoms with Crippen molar-refractivity contribution in [2.75, 3.05) is 13.2 Å². The molecule has 4 aromatic rings. The van der Waals surface area contributed by atoms with Gasteiger partial charge in [0, 0.05) is 13.0 Å². The van der Waals surface area contributed by atoms with Gasteiger partial charge >= 0.3 is 0 Å². The summed E-state index contributed by atoms with van der Waals surface area (Å²) in [6.45, 7) is 6.24. The molecule has 2 heterocycles. The SMILES string of the molecule is Cc1ccc(C)c(OCCn2c(CCCCCNC(=O)c3cccs3)nc3ccccc32)c1. The van der Waals surface area contributed by atoms with E-state index >= 15 is 0 Å². The van der Waals surface area contributed by atoms with Gasteiger partial charge in [-0.1, -0.05) is 36.8 Å². The lowest BCUT2D eigenvalue weighted by Gasteiger charge is -2.13. The second-order valence-electron chi connectivity index (χ2n) is 8.33. The largest absolute Gasteiger partial charge is 0.491 e. The molecule has 0 aliphatic carbocycles. The first-order valence-corrected chi connectivity index (χ1v) is 12.5. The van der Waals surface area contributed by atoms with E-state index in [-0.39, 0.29) is 5.91 Å². The number of hydrogen-bond donors (Lipinski definition) is 1. The van der Waals surface area contributed by atoms with Crippen LogP contribution in [0.25, 0.3) is 11.0 Å². The quantitative estimate of drug-likeness (QED) is 0.281. The smallest absolute Gasteiger partial charge is 0.261 e. The summed E-state index contributed by atoms with van der Waals surface area (Å²) in [7, 11) is 0. The summed E-state index contributed by atoms with van der Waals surface area (Å²) in [5.74, 6) is 2.07. The van der Waals surface area contributed by atoms with Crippen LogP contribution in [0, 0.1) is 13.8 Å². The molecule has 0 saturated carbocycles. The van der Waals surface area contributed by atoms with E-state index in [0.29, 0.717) is 13.2 Å². The van der Waals surface area contributed by atoms with Crippen molar-refractivity contribution in [1.29, 1.82) is 0 Å². The normalized spacial score (nSPS) is 11.1. The number of imidazole rings is 1. The predicted octanol–water partition coefficient (Wildman–Crippen LogP) is 5.94. The maximum absolute atomic E-state index is 12.0. The Bertz CT molecular complexity index is 1200. The van der Waals surface area contributed by atoms with Crippen molar-refractivity contribution in [1.82, 2.24) is 14.9 Å². The van der Waals surface area contributed by atoms with Crippen LogP contribution in [-0.4, -0.2) is 28.6 Å². The van der Waals surface area contributed by atoms with Crippen LogP contribution in [0.5, 0.6) is 5.75 Å². The highest BCUT2D eigenvalue weighted by atomic mass is 32.1. The summed E-state index contributed by atoms with van der Waals surface area (Å²) >= 11 is 1.47. The molecule has 0 radical (unpaired) electrons. The van der Waals surface area contributed by atoms with Crippen molar-refractivity contribution in [3.8, 4) is 5.75 Å². The number of nitrogens with one attached hydrogen (secondary N) is 1. The number of rotatable bonds is 11. The molecule has 33 heavy (non-hydrogen) atoms. The predicted molar refractivity (Wildman–Crippen MR) is 135 cm³/mol. The highest BCUT2D eigenvalue weighted by molar-refractivity contribution is 7.12. The van der Waals surface area contributed by atoms with Crippen LogP contribution in [0.1, 0.15) is 45.9 Å². The lowest BCUT2D eigenvalue weighted by Crippen LogP contribution is -2.23.